The lowest BCUT2D eigenvalue weighted by atomic mass is 10.2. The van der Waals surface area contributed by atoms with Crippen molar-refractivity contribution in [1.82, 2.24) is 10.2 Å². The van der Waals surface area contributed by atoms with Gasteiger partial charge in [-0.05, 0) is 20.3 Å². The molecule has 0 unspecified atom stereocenters. The van der Waals surface area contributed by atoms with Crippen LogP contribution in [0.15, 0.2) is 4.99 Å². The van der Waals surface area contributed by atoms with Crippen molar-refractivity contribution in [3.8, 4) is 0 Å². The number of rotatable bonds is 4. The maximum atomic E-state index is 12.0. The number of nitrogens with one attached hydrogen (secondary N) is 1. The number of nitrogens with zero attached hydrogens (tertiary/aromatic N) is 2. The van der Waals surface area contributed by atoms with Crippen LogP contribution in [-0.4, -0.2) is 76.9 Å². The molecule has 0 aromatic rings. The number of sulfone groups is 2. The van der Waals surface area contributed by atoms with Gasteiger partial charge in [0.2, 0.25) is 0 Å². The van der Waals surface area contributed by atoms with E-state index in [9.17, 15) is 16.8 Å². The molecule has 1 fully saturated rings. The molecule has 1 aliphatic heterocycles. The van der Waals surface area contributed by atoms with Gasteiger partial charge in [0, 0.05) is 32.9 Å². The molecule has 1 aliphatic rings. The lowest BCUT2D eigenvalue weighted by Crippen LogP contribution is -2.57. The number of hydrogen-bond acceptors (Lipinski definition) is 5. The van der Waals surface area contributed by atoms with E-state index in [0.29, 0.717) is 32.0 Å². The summed E-state index contributed by atoms with van der Waals surface area (Å²) in [6, 6.07) is 0. The van der Waals surface area contributed by atoms with Gasteiger partial charge in [-0.1, -0.05) is 0 Å². The van der Waals surface area contributed by atoms with Gasteiger partial charge < -0.3 is 10.2 Å². The first-order valence-electron chi connectivity index (χ1n) is 6.84. The number of aliphatic imine (C=N–C) groups is 1. The van der Waals surface area contributed by atoms with Crippen molar-refractivity contribution in [2.75, 3.05) is 44.4 Å². The van der Waals surface area contributed by atoms with E-state index < -0.39 is 24.4 Å². The van der Waals surface area contributed by atoms with Gasteiger partial charge in [-0.15, -0.1) is 24.0 Å². The van der Waals surface area contributed by atoms with Crippen LogP contribution in [0.1, 0.15) is 20.3 Å². The van der Waals surface area contributed by atoms with Crippen LogP contribution < -0.4 is 5.32 Å². The Morgan fingerprint density at radius 1 is 1.36 bits per heavy atom. The van der Waals surface area contributed by atoms with E-state index in [0.717, 1.165) is 0 Å². The third kappa shape index (κ3) is 6.19. The number of hydrogen-bond donors (Lipinski definition) is 1. The first-order valence-corrected chi connectivity index (χ1v) is 10.6. The Labute approximate surface area is 150 Å². The van der Waals surface area contributed by atoms with Crippen LogP contribution in [0.2, 0.25) is 0 Å². The Morgan fingerprint density at radius 2 is 1.95 bits per heavy atom. The van der Waals surface area contributed by atoms with Gasteiger partial charge in [0.05, 0.1) is 16.3 Å². The van der Waals surface area contributed by atoms with Gasteiger partial charge in [-0.2, -0.15) is 0 Å². The smallest absolute Gasteiger partial charge is 0.193 e. The summed E-state index contributed by atoms with van der Waals surface area (Å²) in [6.07, 6.45) is 1.70. The minimum Gasteiger partial charge on any atom is -0.356 e. The van der Waals surface area contributed by atoms with Crippen LogP contribution in [0.5, 0.6) is 0 Å². The van der Waals surface area contributed by atoms with E-state index in [1.165, 1.54) is 6.26 Å². The van der Waals surface area contributed by atoms with Crippen molar-refractivity contribution < 1.29 is 16.8 Å². The summed E-state index contributed by atoms with van der Waals surface area (Å²) < 4.78 is 45.3. The van der Waals surface area contributed by atoms with E-state index in [-0.39, 0.29) is 35.5 Å². The maximum absolute atomic E-state index is 12.0. The third-order valence-electron chi connectivity index (χ3n) is 3.53. The molecular weight excluding hydrogens is 441 g/mol. The Bertz CT molecular complexity index is 600. The van der Waals surface area contributed by atoms with E-state index in [2.05, 4.69) is 10.3 Å². The zero-order chi connectivity index (χ0) is 16.3. The summed E-state index contributed by atoms with van der Waals surface area (Å²) in [5.74, 6) is 0.840. The fourth-order valence-corrected chi connectivity index (χ4v) is 4.23. The predicted octanol–water partition coefficient (Wildman–Crippen LogP) is 0.124. The van der Waals surface area contributed by atoms with Crippen molar-refractivity contribution in [1.29, 1.82) is 0 Å². The van der Waals surface area contributed by atoms with Crippen molar-refractivity contribution in [2.45, 2.75) is 25.0 Å². The standard InChI is InChI=1S/C12H25N3O4S2.HI/c1-12(2)10-15(7-9-21(12,18)19)11(13-3)14-6-5-8-20(4,16)17;/h5-10H2,1-4H3,(H,13,14);1H. The van der Waals surface area contributed by atoms with Crippen molar-refractivity contribution in [3.05, 3.63) is 0 Å². The van der Waals surface area contributed by atoms with E-state index in [4.69, 9.17) is 0 Å². The van der Waals surface area contributed by atoms with E-state index >= 15 is 0 Å². The van der Waals surface area contributed by atoms with Crippen molar-refractivity contribution >= 4 is 49.6 Å². The SMILES string of the molecule is CN=C(NCCCS(C)(=O)=O)N1CCS(=O)(=O)C(C)(C)C1.I. The highest BCUT2D eigenvalue weighted by Crippen LogP contribution is 2.23. The lowest BCUT2D eigenvalue weighted by molar-refractivity contribution is 0.353. The molecule has 0 aromatic carbocycles. The van der Waals surface area contributed by atoms with Crippen molar-refractivity contribution in [3.63, 3.8) is 0 Å². The molecule has 22 heavy (non-hydrogen) atoms. The molecule has 0 aliphatic carbocycles. The monoisotopic (exact) mass is 467 g/mol. The Morgan fingerprint density at radius 3 is 2.41 bits per heavy atom. The van der Waals surface area contributed by atoms with Crippen LogP contribution in [0, 0.1) is 0 Å². The van der Waals surface area contributed by atoms with E-state index in [1.807, 2.05) is 4.90 Å². The Hall–Kier alpha value is -0.100. The summed E-state index contributed by atoms with van der Waals surface area (Å²) >= 11 is 0. The lowest BCUT2D eigenvalue weighted by Gasteiger charge is -2.39. The summed E-state index contributed by atoms with van der Waals surface area (Å²) in [5.41, 5.74) is 0. The molecule has 7 nitrogen and oxygen atoms in total. The number of guanidine groups is 1. The number of halogens is 1. The van der Waals surface area contributed by atoms with Gasteiger partial charge in [-0.25, -0.2) is 16.8 Å². The minimum atomic E-state index is -3.08. The summed E-state index contributed by atoms with van der Waals surface area (Å²) in [5, 5.41) is 3.09. The molecule has 0 aromatic heterocycles. The summed E-state index contributed by atoms with van der Waals surface area (Å²) in [7, 11) is -4.41. The molecule has 1 heterocycles. The van der Waals surface area contributed by atoms with Gasteiger partial charge in [0.15, 0.2) is 15.8 Å². The average molecular weight is 467 g/mol. The minimum absolute atomic E-state index is 0. The molecule has 0 bridgehead atoms. The molecular formula is C12H26IN3O4S2. The maximum Gasteiger partial charge on any atom is 0.193 e. The second kappa shape index (κ2) is 8.13. The largest absolute Gasteiger partial charge is 0.356 e. The molecule has 0 spiro atoms. The quantitative estimate of drug-likeness (QED) is 0.273. The fourth-order valence-electron chi connectivity index (χ4n) is 2.19. The van der Waals surface area contributed by atoms with Crippen LogP contribution in [0.3, 0.4) is 0 Å². The van der Waals surface area contributed by atoms with Crippen LogP contribution in [0.4, 0.5) is 0 Å². The fraction of sp³-hybridized carbons (Fsp3) is 0.917. The molecule has 1 saturated heterocycles. The van der Waals surface area contributed by atoms with Gasteiger partial charge >= 0.3 is 0 Å². The molecule has 0 atom stereocenters. The van der Waals surface area contributed by atoms with Crippen LogP contribution in [0.25, 0.3) is 0 Å². The Balaban J connectivity index is 0.00000441. The highest BCUT2D eigenvalue weighted by molar-refractivity contribution is 14.0. The summed E-state index contributed by atoms with van der Waals surface area (Å²) in [6.45, 7) is 4.69. The molecule has 0 amide bonds. The average Bonchev–Trinajstić information content (AvgIpc) is 2.32. The second-order valence-corrected chi connectivity index (χ2v) is 11.0. The molecule has 0 saturated carbocycles. The first-order chi connectivity index (χ1) is 9.48. The molecule has 1 N–H and O–H groups in total. The third-order valence-corrected chi connectivity index (χ3v) is 7.09. The normalized spacial score (nSPS) is 21.1. The van der Waals surface area contributed by atoms with Gasteiger partial charge in [-0.3, -0.25) is 4.99 Å². The summed E-state index contributed by atoms with van der Waals surface area (Å²) in [4.78, 5) is 6.05. The van der Waals surface area contributed by atoms with E-state index in [1.54, 1.807) is 20.9 Å². The topological polar surface area (TPSA) is 95.9 Å². The molecule has 0 radical (unpaired) electrons. The first kappa shape index (κ1) is 21.9. The predicted molar refractivity (Wildman–Crippen MR) is 101 cm³/mol. The van der Waals surface area contributed by atoms with Crippen molar-refractivity contribution in [2.24, 2.45) is 4.99 Å². The second-order valence-electron chi connectivity index (χ2n) is 5.96. The molecule has 10 heteroatoms. The van der Waals surface area contributed by atoms with Gasteiger partial charge in [0.1, 0.15) is 9.84 Å². The molecule has 1 rings (SSSR count). The highest BCUT2D eigenvalue weighted by atomic mass is 127. The highest BCUT2D eigenvalue weighted by Gasteiger charge is 2.40. The zero-order valence-corrected chi connectivity index (χ0v) is 17.5. The molecule has 132 valence electrons. The Kier molecular flexibility index (Phi) is 8.10. The zero-order valence-electron chi connectivity index (χ0n) is 13.5. The van der Waals surface area contributed by atoms with Gasteiger partial charge in [0.25, 0.3) is 0 Å². The van der Waals surface area contributed by atoms with Crippen LogP contribution >= 0.6 is 24.0 Å². The van der Waals surface area contributed by atoms with Crippen LogP contribution in [-0.2, 0) is 19.7 Å².